The highest BCUT2D eigenvalue weighted by molar-refractivity contribution is 5.93. The zero-order valence-corrected chi connectivity index (χ0v) is 6.35. The second kappa shape index (κ2) is 4.83. The first-order valence-corrected chi connectivity index (χ1v) is 3.10. The maximum absolute atomic E-state index is 10.8. The average Bonchev–Trinajstić information content (AvgIpc) is 1.89. The minimum Gasteiger partial charge on any atom is -0.334 e. The molecule has 2 N–H and O–H groups in total. The molecule has 0 spiro atoms. The molecule has 3 heteroatoms. The Morgan fingerprint density at radius 3 is 2.70 bits per heavy atom. The summed E-state index contributed by atoms with van der Waals surface area (Å²) in [4.78, 5) is 12.3. The van der Waals surface area contributed by atoms with Crippen LogP contribution in [0.1, 0.15) is 6.92 Å². The number of carbonyl (C=O) groups is 1. The van der Waals surface area contributed by atoms with Gasteiger partial charge in [-0.3, -0.25) is 4.79 Å². The fraction of sp³-hybridized carbons (Fsp3) is 0.571. The molecule has 0 atom stereocenters. The van der Waals surface area contributed by atoms with E-state index in [-0.39, 0.29) is 5.91 Å². The number of amides is 1. The van der Waals surface area contributed by atoms with E-state index in [9.17, 15) is 4.79 Å². The van der Waals surface area contributed by atoms with E-state index in [1.165, 1.54) is 4.90 Å². The van der Waals surface area contributed by atoms with Gasteiger partial charge in [0.15, 0.2) is 0 Å². The van der Waals surface area contributed by atoms with Gasteiger partial charge in [0.1, 0.15) is 0 Å². The third-order valence-corrected chi connectivity index (χ3v) is 1.04. The molecule has 0 aromatic rings. The van der Waals surface area contributed by atoms with Crippen molar-refractivity contribution in [3.63, 3.8) is 0 Å². The normalized spacial score (nSPS) is 7.90. The van der Waals surface area contributed by atoms with Gasteiger partial charge >= 0.3 is 0 Å². The lowest BCUT2D eigenvalue weighted by Gasteiger charge is -2.10. The predicted octanol–water partition coefficient (Wildman–Crippen LogP) is -0.573. The van der Waals surface area contributed by atoms with Crippen LogP contribution in [0.15, 0.2) is 0 Å². The highest BCUT2D eigenvalue weighted by Gasteiger charge is 2.01. The quantitative estimate of drug-likeness (QED) is 0.522. The van der Waals surface area contributed by atoms with Gasteiger partial charge in [-0.2, -0.15) is 0 Å². The summed E-state index contributed by atoms with van der Waals surface area (Å²) in [6.45, 7) is 2.68. The summed E-state index contributed by atoms with van der Waals surface area (Å²) in [6, 6.07) is 0. The van der Waals surface area contributed by atoms with Crippen molar-refractivity contribution in [2.75, 3.05) is 20.1 Å². The van der Waals surface area contributed by atoms with Crippen LogP contribution in [-0.4, -0.2) is 30.9 Å². The molecular formula is C7H12N2O. The zero-order chi connectivity index (χ0) is 7.98. The van der Waals surface area contributed by atoms with Gasteiger partial charge in [0.25, 0.3) is 5.91 Å². The molecule has 0 aliphatic rings. The van der Waals surface area contributed by atoms with Crippen molar-refractivity contribution >= 4 is 5.91 Å². The Kier molecular flexibility index (Phi) is 4.34. The summed E-state index contributed by atoms with van der Waals surface area (Å²) in [5.41, 5.74) is 5.22. The maximum atomic E-state index is 10.8. The van der Waals surface area contributed by atoms with Gasteiger partial charge in [-0.1, -0.05) is 5.92 Å². The second-order valence-electron chi connectivity index (χ2n) is 1.89. The Hall–Kier alpha value is -1.01. The largest absolute Gasteiger partial charge is 0.334 e. The molecule has 0 rings (SSSR count). The Morgan fingerprint density at radius 2 is 2.30 bits per heavy atom. The van der Waals surface area contributed by atoms with Gasteiger partial charge in [-0.25, -0.2) is 0 Å². The van der Waals surface area contributed by atoms with Gasteiger partial charge < -0.3 is 10.6 Å². The maximum Gasteiger partial charge on any atom is 0.298 e. The zero-order valence-electron chi connectivity index (χ0n) is 6.35. The second-order valence-corrected chi connectivity index (χ2v) is 1.89. The highest BCUT2D eigenvalue weighted by Crippen LogP contribution is 1.79. The summed E-state index contributed by atoms with van der Waals surface area (Å²) in [5, 5.41) is 0. The van der Waals surface area contributed by atoms with E-state index in [1.54, 1.807) is 14.0 Å². The third kappa shape index (κ3) is 3.10. The molecule has 0 aliphatic heterocycles. The first kappa shape index (κ1) is 8.99. The van der Waals surface area contributed by atoms with E-state index in [0.29, 0.717) is 13.1 Å². The van der Waals surface area contributed by atoms with Gasteiger partial charge in [-0.15, -0.1) is 0 Å². The molecule has 0 heterocycles. The molecule has 0 saturated carbocycles. The van der Waals surface area contributed by atoms with Crippen molar-refractivity contribution in [3.8, 4) is 11.8 Å². The van der Waals surface area contributed by atoms with Crippen LogP contribution in [0.3, 0.4) is 0 Å². The van der Waals surface area contributed by atoms with Crippen LogP contribution in [0.2, 0.25) is 0 Å². The van der Waals surface area contributed by atoms with Crippen LogP contribution < -0.4 is 5.73 Å². The predicted molar refractivity (Wildman–Crippen MR) is 40.1 cm³/mol. The Balaban J connectivity index is 3.78. The lowest BCUT2D eigenvalue weighted by molar-refractivity contribution is -0.123. The number of nitrogens with two attached hydrogens (primary N) is 1. The minimum absolute atomic E-state index is 0.173. The van der Waals surface area contributed by atoms with Gasteiger partial charge in [0.2, 0.25) is 0 Å². The van der Waals surface area contributed by atoms with Crippen molar-refractivity contribution < 1.29 is 4.79 Å². The monoisotopic (exact) mass is 140 g/mol. The topological polar surface area (TPSA) is 46.3 Å². The highest BCUT2D eigenvalue weighted by atomic mass is 16.2. The third-order valence-electron chi connectivity index (χ3n) is 1.04. The fourth-order valence-electron chi connectivity index (χ4n) is 0.498. The molecule has 0 fully saturated rings. The van der Waals surface area contributed by atoms with Crippen LogP contribution in [0.25, 0.3) is 0 Å². The van der Waals surface area contributed by atoms with Crippen LogP contribution in [0, 0.1) is 11.8 Å². The lowest BCUT2D eigenvalue weighted by atomic mass is 10.5. The van der Waals surface area contributed by atoms with Crippen molar-refractivity contribution in [1.82, 2.24) is 4.90 Å². The molecule has 56 valence electrons. The van der Waals surface area contributed by atoms with Gasteiger partial charge in [-0.05, 0) is 12.8 Å². The van der Waals surface area contributed by atoms with Crippen molar-refractivity contribution in [2.45, 2.75) is 6.92 Å². The van der Waals surface area contributed by atoms with E-state index in [4.69, 9.17) is 5.73 Å². The Labute approximate surface area is 61.2 Å². The van der Waals surface area contributed by atoms with E-state index in [2.05, 4.69) is 11.8 Å². The standard InChI is InChI=1S/C7H12N2O/c1-3-4-7(10)9(2)6-5-8/h5-6,8H2,1-2H3. The molecule has 0 bridgehead atoms. The number of hydrogen-bond acceptors (Lipinski definition) is 2. The molecule has 1 amide bonds. The van der Waals surface area contributed by atoms with E-state index < -0.39 is 0 Å². The van der Waals surface area contributed by atoms with Crippen LogP contribution in [0.5, 0.6) is 0 Å². The van der Waals surface area contributed by atoms with Gasteiger partial charge in [0.05, 0.1) is 0 Å². The van der Waals surface area contributed by atoms with Crippen molar-refractivity contribution in [1.29, 1.82) is 0 Å². The lowest BCUT2D eigenvalue weighted by Crippen LogP contribution is -2.30. The van der Waals surface area contributed by atoms with Crippen LogP contribution in [0.4, 0.5) is 0 Å². The average molecular weight is 140 g/mol. The molecule has 0 unspecified atom stereocenters. The van der Waals surface area contributed by atoms with Crippen molar-refractivity contribution in [2.24, 2.45) is 5.73 Å². The number of hydrogen-bond donors (Lipinski definition) is 1. The van der Waals surface area contributed by atoms with Crippen molar-refractivity contribution in [3.05, 3.63) is 0 Å². The molecular weight excluding hydrogens is 128 g/mol. The van der Waals surface area contributed by atoms with E-state index in [1.807, 2.05) is 0 Å². The van der Waals surface area contributed by atoms with E-state index in [0.717, 1.165) is 0 Å². The van der Waals surface area contributed by atoms with Crippen LogP contribution >= 0.6 is 0 Å². The summed E-state index contributed by atoms with van der Waals surface area (Å²) in [6.07, 6.45) is 0. The summed E-state index contributed by atoms with van der Waals surface area (Å²) in [7, 11) is 1.68. The molecule has 0 aromatic carbocycles. The SMILES string of the molecule is CC#CC(=O)N(C)CCN. The molecule has 0 aliphatic carbocycles. The Morgan fingerprint density at radius 1 is 1.70 bits per heavy atom. The summed E-state index contributed by atoms with van der Waals surface area (Å²) < 4.78 is 0. The van der Waals surface area contributed by atoms with E-state index >= 15 is 0 Å². The minimum atomic E-state index is -0.173. The first-order chi connectivity index (χ1) is 4.72. The Bertz CT molecular complexity index is 166. The van der Waals surface area contributed by atoms with Crippen LogP contribution in [-0.2, 0) is 4.79 Å². The molecule has 0 aromatic heterocycles. The number of carbonyl (C=O) groups excluding carboxylic acids is 1. The first-order valence-electron chi connectivity index (χ1n) is 3.10. The molecule has 0 radical (unpaired) electrons. The molecule has 3 nitrogen and oxygen atoms in total. The summed E-state index contributed by atoms with van der Waals surface area (Å²) in [5.74, 6) is 4.76. The summed E-state index contributed by atoms with van der Waals surface area (Å²) >= 11 is 0. The fourth-order valence-corrected chi connectivity index (χ4v) is 0.498. The molecule has 0 saturated heterocycles. The number of nitrogens with zero attached hydrogens (tertiary/aromatic N) is 1. The van der Waals surface area contributed by atoms with Gasteiger partial charge in [0, 0.05) is 20.1 Å². The molecule has 10 heavy (non-hydrogen) atoms. The smallest absolute Gasteiger partial charge is 0.298 e. The number of rotatable bonds is 2. The number of likely N-dealkylation sites (N-methyl/N-ethyl adjacent to an activating group) is 1.